The minimum Gasteiger partial charge on any atom is -0.481 e. The molecule has 4 rings (SSSR count). The van der Waals surface area contributed by atoms with Crippen LogP contribution in [-0.4, -0.2) is 54.0 Å². The number of nitrogens with zero attached hydrogens (tertiary/aromatic N) is 1. The molecular formula is C32H33F3N4O7. The number of carbonyl (C=O) groups is 4. The highest BCUT2D eigenvalue weighted by Crippen LogP contribution is 2.36. The van der Waals surface area contributed by atoms with Crippen LogP contribution in [0.1, 0.15) is 70.7 Å². The fraction of sp³-hybridized carbons (Fsp3) is 0.281. The van der Waals surface area contributed by atoms with Crippen molar-refractivity contribution in [1.29, 1.82) is 0 Å². The lowest BCUT2D eigenvalue weighted by molar-refractivity contribution is -0.192. The molecule has 46 heavy (non-hydrogen) atoms. The van der Waals surface area contributed by atoms with Gasteiger partial charge in [-0.15, -0.1) is 0 Å². The molecule has 0 aromatic heterocycles. The summed E-state index contributed by atoms with van der Waals surface area (Å²) in [4.78, 5) is 52.7. The van der Waals surface area contributed by atoms with E-state index in [2.05, 4.69) is 10.3 Å². The monoisotopic (exact) mass is 642 g/mol. The number of nitrogens with one attached hydrogen (secondary N) is 1. The largest absolute Gasteiger partial charge is 0.490 e. The molecule has 0 saturated carbocycles. The smallest absolute Gasteiger partial charge is 0.481 e. The number of carbonyl (C=O) groups excluding carboxylic acids is 3. The van der Waals surface area contributed by atoms with E-state index in [1.807, 2.05) is 32.9 Å². The molecule has 3 aromatic rings. The van der Waals surface area contributed by atoms with E-state index in [1.165, 1.54) is 12.1 Å². The first-order chi connectivity index (χ1) is 21.4. The summed E-state index contributed by atoms with van der Waals surface area (Å²) in [6.07, 6.45) is -5.08. The summed E-state index contributed by atoms with van der Waals surface area (Å²) in [5.74, 6) is -3.84. The van der Waals surface area contributed by atoms with E-state index in [0.717, 1.165) is 11.1 Å². The average molecular weight is 643 g/mol. The van der Waals surface area contributed by atoms with Crippen LogP contribution in [0.15, 0.2) is 59.6 Å². The molecule has 0 saturated heterocycles. The molecule has 0 fully saturated rings. The Balaban J connectivity index is 0.000000738. The van der Waals surface area contributed by atoms with Crippen molar-refractivity contribution in [2.24, 2.45) is 10.7 Å². The summed E-state index contributed by atoms with van der Waals surface area (Å²) in [6.45, 7) is 7.90. The lowest BCUT2D eigenvalue weighted by Gasteiger charge is -2.23. The zero-order valence-electron chi connectivity index (χ0n) is 25.4. The highest BCUT2D eigenvalue weighted by molar-refractivity contribution is 6.19. The van der Waals surface area contributed by atoms with Gasteiger partial charge in [-0.25, -0.2) is 9.59 Å². The van der Waals surface area contributed by atoms with E-state index < -0.39 is 36.4 Å². The van der Waals surface area contributed by atoms with Crippen molar-refractivity contribution in [3.05, 3.63) is 88.0 Å². The lowest BCUT2D eigenvalue weighted by atomic mass is 9.83. The number of amides is 1. The predicted octanol–water partition coefficient (Wildman–Crippen LogP) is 4.84. The number of carboxylic acids is 1. The van der Waals surface area contributed by atoms with Crippen molar-refractivity contribution in [1.82, 2.24) is 0 Å². The number of carboxylic acid groups (broad SMARTS) is 1. The van der Waals surface area contributed by atoms with Crippen LogP contribution in [0.3, 0.4) is 0 Å². The van der Waals surface area contributed by atoms with Gasteiger partial charge in [-0.2, -0.15) is 13.2 Å². The van der Waals surface area contributed by atoms with Gasteiger partial charge in [0.05, 0.1) is 30.1 Å². The summed E-state index contributed by atoms with van der Waals surface area (Å²) in [7, 11) is 0. The maximum absolute atomic E-state index is 14.0. The average Bonchev–Trinajstić information content (AvgIpc) is 3.36. The quantitative estimate of drug-likeness (QED) is 0.152. The summed E-state index contributed by atoms with van der Waals surface area (Å²) >= 11 is 0. The Bertz CT molecular complexity index is 1700. The molecule has 6 N–H and O–H groups in total. The van der Waals surface area contributed by atoms with Crippen LogP contribution in [0.4, 0.5) is 24.5 Å². The topological polar surface area (TPSA) is 183 Å². The second kappa shape index (κ2) is 14.1. The first-order valence-corrected chi connectivity index (χ1v) is 13.9. The second-order valence-corrected chi connectivity index (χ2v) is 11.0. The number of fused-ring (bicyclic) bond motifs is 1. The number of ketones is 1. The minimum absolute atomic E-state index is 0.00865. The van der Waals surface area contributed by atoms with Gasteiger partial charge in [-0.3, -0.25) is 14.6 Å². The normalized spacial score (nSPS) is 12.2. The number of ether oxygens (including phenoxy) is 2. The molecule has 11 nitrogen and oxygen atoms in total. The molecule has 0 spiro atoms. The first kappa shape index (κ1) is 35.1. The minimum atomic E-state index is -5.08. The van der Waals surface area contributed by atoms with Gasteiger partial charge in [-0.1, -0.05) is 51.1 Å². The van der Waals surface area contributed by atoms with E-state index in [9.17, 15) is 27.6 Å². The van der Waals surface area contributed by atoms with Crippen molar-refractivity contribution >= 4 is 40.8 Å². The third-order valence-corrected chi connectivity index (χ3v) is 6.61. The summed E-state index contributed by atoms with van der Waals surface area (Å²) in [5, 5.41) is 9.97. The number of nitrogens with two attached hydrogens (primary N) is 2. The SMILES string of the molecule is CCOC(=O)COc1ccc(N)c(NC(=O)c2ccccc2C(C)(C)C)c1C(=O)c1ccc2c(c1)C(N)=NC2.O=C(O)C(F)(F)F. The van der Waals surface area contributed by atoms with Gasteiger partial charge in [0.15, 0.2) is 12.4 Å². The van der Waals surface area contributed by atoms with Crippen LogP contribution in [0, 0.1) is 0 Å². The summed E-state index contributed by atoms with van der Waals surface area (Å²) in [6, 6.07) is 15.4. The standard InChI is InChI=1S/C30H32N4O5.C2HF3O2/c1-5-38-24(35)16-39-23-13-12-22(31)26(34-29(37)19-8-6-7-9-21(19)30(2,3)4)25(23)27(36)17-10-11-18-15-33-28(32)20(18)14-17;3-2(4,5)1(6)7/h6-14H,5,15-16,31H2,1-4H3,(H2,32,33)(H,34,37);(H,6,7). The van der Waals surface area contributed by atoms with Gasteiger partial charge in [0, 0.05) is 16.7 Å². The number of alkyl halides is 3. The van der Waals surface area contributed by atoms with Crippen molar-refractivity contribution in [3.8, 4) is 5.75 Å². The van der Waals surface area contributed by atoms with Crippen molar-refractivity contribution in [3.63, 3.8) is 0 Å². The Kier molecular flexibility index (Phi) is 10.8. The Morgan fingerprint density at radius 1 is 1.00 bits per heavy atom. The van der Waals surface area contributed by atoms with Gasteiger partial charge >= 0.3 is 18.1 Å². The molecule has 14 heteroatoms. The molecule has 1 heterocycles. The molecule has 1 aliphatic heterocycles. The second-order valence-electron chi connectivity index (χ2n) is 11.0. The number of halogens is 3. The van der Waals surface area contributed by atoms with Gasteiger partial charge < -0.3 is 31.4 Å². The van der Waals surface area contributed by atoms with Crippen LogP contribution < -0.4 is 21.5 Å². The van der Waals surface area contributed by atoms with E-state index in [1.54, 1.807) is 37.3 Å². The molecule has 0 radical (unpaired) electrons. The number of benzene rings is 3. The summed E-state index contributed by atoms with van der Waals surface area (Å²) < 4.78 is 42.4. The molecule has 0 bridgehead atoms. The Morgan fingerprint density at radius 3 is 2.26 bits per heavy atom. The van der Waals surface area contributed by atoms with Crippen molar-refractivity contribution in [2.75, 3.05) is 24.3 Å². The van der Waals surface area contributed by atoms with E-state index >= 15 is 0 Å². The molecular weight excluding hydrogens is 609 g/mol. The number of hydrogen-bond donors (Lipinski definition) is 4. The van der Waals surface area contributed by atoms with Gasteiger partial charge in [-0.05, 0) is 47.7 Å². The number of esters is 1. The number of nitrogen functional groups attached to an aromatic ring is 1. The van der Waals surface area contributed by atoms with E-state index in [-0.39, 0.29) is 34.7 Å². The highest BCUT2D eigenvalue weighted by atomic mass is 19.4. The lowest BCUT2D eigenvalue weighted by Crippen LogP contribution is -2.23. The summed E-state index contributed by atoms with van der Waals surface area (Å²) in [5.41, 5.74) is 15.4. The van der Waals surface area contributed by atoms with Gasteiger partial charge in [0.2, 0.25) is 0 Å². The van der Waals surface area contributed by atoms with E-state index in [4.69, 9.17) is 30.8 Å². The number of aliphatic imine (C=N–C) groups is 1. The van der Waals surface area contributed by atoms with Crippen LogP contribution in [0.25, 0.3) is 0 Å². The Morgan fingerprint density at radius 2 is 1.65 bits per heavy atom. The Hall–Kier alpha value is -5.40. The molecule has 3 aromatic carbocycles. The van der Waals surface area contributed by atoms with Crippen molar-refractivity contribution < 1.29 is 46.9 Å². The number of aliphatic carboxylic acids is 1. The maximum atomic E-state index is 14.0. The third-order valence-electron chi connectivity index (χ3n) is 6.61. The molecule has 0 aliphatic carbocycles. The number of rotatable bonds is 8. The van der Waals surface area contributed by atoms with Crippen LogP contribution >= 0.6 is 0 Å². The fourth-order valence-corrected chi connectivity index (χ4v) is 4.43. The number of anilines is 2. The zero-order valence-corrected chi connectivity index (χ0v) is 25.4. The number of amidine groups is 1. The zero-order chi connectivity index (χ0) is 34.4. The predicted molar refractivity (Wildman–Crippen MR) is 164 cm³/mol. The highest BCUT2D eigenvalue weighted by Gasteiger charge is 2.38. The molecule has 1 aliphatic rings. The fourth-order valence-electron chi connectivity index (χ4n) is 4.43. The number of hydrogen-bond acceptors (Lipinski definition) is 9. The molecule has 0 atom stereocenters. The Labute approximate surface area is 262 Å². The third kappa shape index (κ3) is 8.40. The molecule has 0 unspecified atom stereocenters. The molecule has 244 valence electrons. The van der Waals surface area contributed by atoms with Crippen LogP contribution in [0.5, 0.6) is 5.75 Å². The van der Waals surface area contributed by atoms with Crippen molar-refractivity contribution in [2.45, 2.75) is 45.8 Å². The van der Waals surface area contributed by atoms with Gasteiger partial charge in [0.25, 0.3) is 5.91 Å². The van der Waals surface area contributed by atoms with Crippen LogP contribution in [0.2, 0.25) is 0 Å². The van der Waals surface area contributed by atoms with E-state index in [0.29, 0.717) is 29.1 Å². The molecule has 1 amide bonds. The maximum Gasteiger partial charge on any atom is 0.490 e. The first-order valence-electron chi connectivity index (χ1n) is 13.9. The van der Waals surface area contributed by atoms with Gasteiger partial charge in [0.1, 0.15) is 11.6 Å². The van der Waals surface area contributed by atoms with Crippen LogP contribution in [-0.2, 0) is 26.3 Å².